The Balaban J connectivity index is 2.01. The lowest BCUT2D eigenvalue weighted by atomic mass is 10.2. The van der Waals surface area contributed by atoms with Crippen molar-refractivity contribution in [1.82, 2.24) is 4.90 Å². The van der Waals surface area contributed by atoms with Gasteiger partial charge in [-0.15, -0.1) is 3.89 Å². The third-order valence-electron chi connectivity index (χ3n) is 3.12. The van der Waals surface area contributed by atoms with Crippen LogP contribution in [0.1, 0.15) is 18.4 Å². The number of nitrogens with zero attached hydrogens (tertiary/aromatic N) is 1. The van der Waals surface area contributed by atoms with Crippen LogP contribution >= 0.6 is 0 Å². The molecule has 1 saturated heterocycles. The summed E-state index contributed by atoms with van der Waals surface area (Å²) in [6.07, 6.45) is 1.70. The molecule has 1 unspecified atom stereocenters. The van der Waals surface area contributed by atoms with Gasteiger partial charge in [0.1, 0.15) is 0 Å². The van der Waals surface area contributed by atoms with Crippen molar-refractivity contribution >= 4 is 10.2 Å². The van der Waals surface area contributed by atoms with Gasteiger partial charge < -0.3 is 0 Å². The van der Waals surface area contributed by atoms with Gasteiger partial charge in [0.25, 0.3) is 0 Å². The molecule has 1 aliphatic rings. The van der Waals surface area contributed by atoms with Crippen molar-refractivity contribution in [2.75, 3.05) is 12.3 Å². The van der Waals surface area contributed by atoms with Crippen molar-refractivity contribution in [2.24, 2.45) is 0 Å². The van der Waals surface area contributed by atoms with E-state index in [1.165, 1.54) is 0 Å². The van der Waals surface area contributed by atoms with Crippen molar-refractivity contribution in [2.45, 2.75) is 25.4 Å². The van der Waals surface area contributed by atoms with Crippen LogP contribution in [0.25, 0.3) is 0 Å². The van der Waals surface area contributed by atoms with Crippen molar-refractivity contribution < 1.29 is 12.3 Å². The molecule has 0 aliphatic carbocycles. The average Bonchev–Trinajstić information content (AvgIpc) is 2.65. The molecule has 3 nitrogen and oxygen atoms in total. The van der Waals surface area contributed by atoms with E-state index in [-0.39, 0.29) is 11.8 Å². The van der Waals surface area contributed by atoms with Crippen molar-refractivity contribution in [3.63, 3.8) is 0 Å². The summed E-state index contributed by atoms with van der Waals surface area (Å²) in [5, 5.41) is 0. The summed E-state index contributed by atoms with van der Waals surface area (Å²) in [5.41, 5.74) is 1.13. The number of halogens is 1. The predicted molar refractivity (Wildman–Crippen MR) is 64.8 cm³/mol. The highest BCUT2D eigenvalue weighted by Gasteiger charge is 2.28. The molecule has 1 aromatic rings. The van der Waals surface area contributed by atoms with Crippen LogP contribution in [0.4, 0.5) is 3.89 Å². The summed E-state index contributed by atoms with van der Waals surface area (Å²) in [6.45, 7) is 1.54. The number of hydrogen-bond donors (Lipinski definition) is 0. The SMILES string of the molecule is O=S(=O)(F)CC1CCCN1Cc1ccccc1. The fraction of sp³-hybridized carbons (Fsp3) is 0.500. The molecule has 2 rings (SSSR count). The van der Waals surface area contributed by atoms with Crippen molar-refractivity contribution in [3.05, 3.63) is 35.9 Å². The summed E-state index contributed by atoms with van der Waals surface area (Å²) in [5.74, 6) is -0.375. The molecule has 1 aliphatic heterocycles. The molecule has 0 spiro atoms. The van der Waals surface area contributed by atoms with Gasteiger partial charge in [-0.25, -0.2) is 0 Å². The van der Waals surface area contributed by atoms with E-state index in [1.54, 1.807) is 0 Å². The minimum absolute atomic E-state index is 0.176. The second-order valence-electron chi connectivity index (χ2n) is 4.46. The lowest BCUT2D eigenvalue weighted by molar-refractivity contribution is 0.260. The van der Waals surface area contributed by atoms with Crippen LogP contribution in [0.5, 0.6) is 0 Å². The normalized spacial score (nSPS) is 21.8. The molecule has 1 fully saturated rings. The van der Waals surface area contributed by atoms with E-state index >= 15 is 0 Å². The molecule has 0 bridgehead atoms. The number of rotatable bonds is 4. The van der Waals surface area contributed by atoms with Crippen LogP contribution in [-0.2, 0) is 16.8 Å². The number of hydrogen-bond acceptors (Lipinski definition) is 3. The smallest absolute Gasteiger partial charge is 0.295 e. The Kier molecular flexibility index (Phi) is 3.79. The minimum atomic E-state index is -4.37. The third-order valence-corrected chi connectivity index (χ3v) is 3.90. The van der Waals surface area contributed by atoms with Crippen LogP contribution in [0.2, 0.25) is 0 Å². The van der Waals surface area contributed by atoms with Crippen LogP contribution in [0.3, 0.4) is 0 Å². The van der Waals surface area contributed by atoms with Crippen molar-refractivity contribution in [3.8, 4) is 0 Å². The topological polar surface area (TPSA) is 37.4 Å². The fourth-order valence-electron chi connectivity index (χ4n) is 2.34. The van der Waals surface area contributed by atoms with Gasteiger partial charge in [-0.3, -0.25) is 4.90 Å². The van der Waals surface area contributed by atoms with Crippen LogP contribution in [-0.4, -0.2) is 31.7 Å². The number of likely N-dealkylation sites (tertiary alicyclic amines) is 1. The molecule has 1 heterocycles. The average molecular weight is 257 g/mol. The zero-order chi connectivity index (χ0) is 12.3. The maximum atomic E-state index is 12.7. The second kappa shape index (κ2) is 5.14. The maximum absolute atomic E-state index is 12.7. The molecule has 1 aromatic carbocycles. The van der Waals surface area contributed by atoms with Gasteiger partial charge in [0, 0.05) is 12.6 Å². The number of benzene rings is 1. The Hall–Kier alpha value is -0.940. The Morgan fingerprint density at radius 3 is 2.65 bits per heavy atom. The molecule has 94 valence electrons. The first kappa shape index (κ1) is 12.5. The van der Waals surface area contributed by atoms with Gasteiger partial charge in [0.2, 0.25) is 0 Å². The van der Waals surface area contributed by atoms with Gasteiger partial charge in [0.15, 0.2) is 0 Å². The third kappa shape index (κ3) is 3.78. The molecule has 0 saturated carbocycles. The van der Waals surface area contributed by atoms with E-state index in [4.69, 9.17) is 0 Å². The van der Waals surface area contributed by atoms with E-state index in [1.807, 2.05) is 35.2 Å². The molecule has 0 aromatic heterocycles. The van der Waals surface area contributed by atoms with E-state index in [0.717, 1.165) is 24.9 Å². The summed E-state index contributed by atoms with van der Waals surface area (Å²) in [7, 11) is -4.37. The summed E-state index contributed by atoms with van der Waals surface area (Å²) < 4.78 is 34.1. The zero-order valence-corrected chi connectivity index (χ0v) is 10.4. The molecule has 17 heavy (non-hydrogen) atoms. The van der Waals surface area contributed by atoms with Gasteiger partial charge in [0.05, 0.1) is 5.75 Å². The van der Waals surface area contributed by atoms with E-state index < -0.39 is 10.2 Å². The standard InChI is InChI=1S/C12H16FNO2S/c13-17(15,16)10-12-7-4-8-14(12)9-11-5-2-1-3-6-11/h1-3,5-6,12H,4,7-10H2. The Labute approximate surface area is 101 Å². The predicted octanol–water partition coefficient (Wildman–Crippen LogP) is 1.95. The summed E-state index contributed by atoms with van der Waals surface area (Å²) in [4.78, 5) is 2.05. The largest absolute Gasteiger partial charge is 0.303 e. The monoisotopic (exact) mass is 257 g/mol. The Morgan fingerprint density at radius 1 is 1.29 bits per heavy atom. The van der Waals surface area contributed by atoms with Gasteiger partial charge in [-0.1, -0.05) is 30.3 Å². The molecular weight excluding hydrogens is 241 g/mol. The van der Waals surface area contributed by atoms with Crippen LogP contribution in [0, 0.1) is 0 Å². The van der Waals surface area contributed by atoms with Gasteiger partial charge in [-0.05, 0) is 24.9 Å². The minimum Gasteiger partial charge on any atom is -0.295 e. The van der Waals surface area contributed by atoms with Crippen LogP contribution in [0.15, 0.2) is 30.3 Å². The van der Waals surface area contributed by atoms with Crippen LogP contribution < -0.4 is 0 Å². The lowest BCUT2D eigenvalue weighted by Gasteiger charge is -2.23. The summed E-state index contributed by atoms with van der Waals surface area (Å²) in [6, 6.07) is 9.67. The van der Waals surface area contributed by atoms with Gasteiger partial charge >= 0.3 is 10.2 Å². The first-order valence-electron chi connectivity index (χ1n) is 5.75. The highest BCUT2D eigenvalue weighted by molar-refractivity contribution is 7.86. The highest BCUT2D eigenvalue weighted by Crippen LogP contribution is 2.21. The second-order valence-corrected chi connectivity index (χ2v) is 5.87. The zero-order valence-electron chi connectivity index (χ0n) is 9.55. The van der Waals surface area contributed by atoms with E-state index in [9.17, 15) is 12.3 Å². The van der Waals surface area contributed by atoms with Crippen molar-refractivity contribution in [1.29, 1.82) is 0 Å². The molecule has 5 heteroatoms. The van der Waals surface area contributed by atoms with Gasteiger partial charge in [-0.2, -0.15) is 8.42 Å². The molecule has 1 atom stereocenters. The lowest BCUT2D eigenvalue weighted by Crippen LogP contribution is -2.33. The first-order valence-corrected chi connectivity index (χ1v) is 7.30. The van der Waals surface area contributed by atoms with E-state index in [2.05, 4.69) is 0 Å². The quantitative estimate of drug-likeness (QED) is 0.774. The Morgan fingerprint density at radius 2 is 2.00 bits per heavy atom. The molecule has 0 amide bonds. The maximum Gasteiger partial charge on any atom is 0.303 e. The highest BCUT2D eigenvalue weighted by atomic mass is 32.3. The first-order chi connectivity index (χ1) is 8.04. The van der Waals surface area contributed by atoms with E-state index in [0.29, 0.717) is 6.54 Å². The fourth-order valence-corrected chi connectivity index (χ4v) is 3.18. The summed E-state index contributed by atoms with van der Waals surface area (Å²) >= 11 is 0. The molecule has 0 N–H and O–H groups in total. The molecule has 0 radical (unpaired) electrons. The Bertz CT molecular complexity index is 461. The molecular formula is C12H16FNO2S.